The number of thiophene rings is 1. The minimum absolute atomic E-state index is 0.0834. The second-order valence-corrected chi connectivity index (χ2v) is 10.1. The summed E-state index contributed by atoms with van der Waals surface area (Å²) in [7, 11) is 0. The highest BCUT2D eigenvalue weighted by atomic mass is 32.1. The zero-order chi connectivity index (χ0) is 17.4. The van der Waals surface area contributed by atoms with Crippen molar-refractivity contribution in [3.63, 3.8) is 0 Å². The van der Waals surface area contributed by atoms with Gasteiger partial charge in [-0.1, -0.05) is 20.8 Å². The van der Waals surface area contributed by atoms with Crippen molar-refractivity contribution in [1.29, 1.82) is 0 Å². The number of nitrogens with zero attached hydrogens (tertiary/aromatic N) is 2. The highest BCUT2D eigenvalue weighted by molar-refractivity contribution is 7.10. The van der Waals surface area contributed by atoms with Crippen molar-refractivity contribution in [2.75, 3.05) is 26.2 Å². The second kappa shape index (κ2) is 6.80. The quantitative estimate of drug-likeness (QED) is 0.813. The predicted octanol–water partition coefficient (Wildman–Crippen LogP) is 4.31. The summed E-state index contributed by atoms with van der Waals surface area (Å²) in [5.74, 6) is 0.356. The Morgan fingerprint density at radius 2 is 2.04 bits per heavy atom. The summed E-state index contributed by atoms with van der Waals surface area (Å²) in [4.78, 5) is 18.9. The Bertz CT molecular complexity index is 589. The first-order chi connectivity index (χ1) is 11.3. The summed E-state index contributed by atoms with van der Waals surface area (Å²) in [5, 5.41) is 2.20. The number of carbonyl (C=O) groups is 1. The van der Waals surface area contributed by atoms with Gasteiger partial charge in [-0.15, -0.1) is 11.3 Å². The van der Waals surface area contributed by atoms with Crippen molar-refractivity contribution in [2.45, 2.75) is 59.9 Å². The van der Waals surface area contributed by atoms with Crippen LogP contribution in [0, 0.1) is 17.8 Å². The van der Waals surface area contributed by atoms with Crippen molar-refractivity contribution in [3.05, 3.63) is 21.9 Å². The zero-order valence-corrected chi connectivity index (χ0v) is 16.5. The fourth-order valence-corrected chi connectivity index (χ4v) is 5.20. The number of rotatable bonds is 3. The van der Waals surface area contributed by atoms with Gasteiger partial charge in [-0.2, -0.15) is 0 Å². The minimum atomic E-state index is 0.0834. The average Bonchev–Trinajstić information content (AvgIpc) is 3.05. The summed E-state index contributed by atoms with van der Waals surface area (Å²) >= 11 is 1.88. The first-order valence-electron chi connectivity index (χ1n) is 9.30. The molecule has 1 aromatic rings. The maximum atomic E-state index is 12.7. The molecule has 4 heteroatoms. The molecule has 1 spiro atoms. The van der Waals surface area contributed by atoms with E-state index in [0.717, 1.165) is 26.2 Å². The fraction of sp³-hybridized carbons (Fsp3) is 0.750. The number of piperidine rings is 1. The first-order valence-corrected chi connectivity index (χ1v) is 10.2. The number of likely N-dealkylation sites (tertiary alicyclic amines) is 2. The van der Waals surface area contributed by atoms with Crippen molar-refractivity contribution < 1.29 is 4.79 Å². The Balaban J connectivity index is 1.60. The summed E-state index contributed by atoms with van der Waals surface area (Å²) in [6, 6.07) is 2.22. The van der Waals surface area contributed by atoms with Crippen LogP contribution in [0.4, 0.5) is 0 Å². The lowest BCUT2D eigenvalue weighted by atomic mass is 9.78. The maximum absolute atomic E-state index is 12.7. The molecule has 0 bridgehead atoms. The number of hydrogen-bond acceptors (Lipinski definition) is 3. The average molecular weight is 349 g/mol. The van der Waals surface area contributed by atoms with Gasteiger partial charge in [0.25, 0.3) is 0 Å². The lowest BCUT2D eigenvalue weighted by Gasteiger charge is -2.41. The molecule has 3 heterocycles. The highest BCUT2D eigenvalue weighted by Crippen LogP contribution is 2.40. The van der Waals surface area contributed by atoms with Crippen LogP contribution in [0.15, 0.2) is 11.4 Å². The maximum Gasteiger partial charge on any atom is 0.223 e. The van der Waals surface area contributed by atoms with Crippen LogP contribution in [-0.2, 0) is 11.3 Å². The standard InChI is InChI=1S/C20H32N2OS/c1-16-6-11-24-17(16)13-21-10-8-20(14-21)7-5-9-22(15-20)18(23)12-19(2,3)4/h6,11H,5,7-10,12-15H2,1-4H3/t20-/m1/s1. The number of hydrogen-bond donors (Lipinski definition) is 0. The van der Waals surface area contributed by atoms with Gasteiger partial charge >= 0.3 is 0 Å². The number of carbonyl (C=O) groups excluding carboxylic acids is 1. The van der Waals surface area contributed by atoms with Crippen molar-refractivity contribution in [2.24, 2.45) is 10.8 Å². The summed E-state index contributed by atoms with van der Waals surface area (Å²) in [6.45, 7) is 14.0. The second-order valence-electron chi connectivity index (χ2n) is 9.14. The Morgan fingerprint density at radius 1 is 1.25 bits per heavy atom. The minimum Gasteiger partial charge on any atom is -0.342 e. The van der Waals surface area contributed by atoms with E-state index in [9.17, 15) is 4.79 Å². The van der Waals surface area contributed by atoms with Gasteiger partial charge in [0, 0.05) is 42.9 Å². The van der Waals surface area contributed by atoms with Gasteiger partial charge in [0.2, 0.25) is 5.91 Å². The Kier molecular flexibility index (Phi) is 5.08. The van der Waals surface area contributed by atoms with Crippen LogP contribution in [0.5, 0.6) is 0 Å². The first kappa shape index (κ1) is 17.9. The predicted molar refractivity (Wildman–Crippen MR) is 101 cm³/mol. The van der Waals surface area contributed by atoms with E-state index in [1.165, 1.54) is 36.2 Å². The molecule has 0 unspecified atom stereocenters. The van der Waals surface area contributed by atoms with Crippen LogP contribution in [0.3, 0.4) is 0 Å². The number of amides is 1. The lowest BCUT2D eigenvalue weighted by Crippen LogP contribution is -2.48. The number of aryl methyl sites for hydroxylation is 1. The third kappa shape index (κ3) is 4.20. The smallest absolute Gasteiger partial charge is 0.223 e. The Hall–Kier alpha value is -0.870. The van der Waals surface area contributed by atoms with E-state index in [0.29, 0.717) is 17.7 Å². The topological polar surface area (TPSA) is 23.6 Å². The molecule has 2 saturated heterocycles. The molecule has 0 aromatic carbocycles. The molecule has 0 saturated carbocycles. The summed E-state index contributed by atoms with van der Waals surface area (Å²) in [6.07, 6.45) is 4.37. The molecule has 1 aromatic heterocycles. The van der Waals surface area contributed by atoms with Gasteiger partial charge in [0.15, 0.2) is 0 Å². The Labute approximate surface area is 151 Å². The highest BCUT2D eigenvalue weighted by Gasteiger charge is 2.42. The van der Waals surface area contributed by atoms with E-state index in [4.69, 9.17) is 0 Å². The van der Waals surface area contributed by atoms with E-state index in [-0.39, 0.29) is 5.41 Å². The van der Waals surface area contributed by atoms with Crippen molar-refractivity contribution >= 4 is 17.2 Å². The summed E-state index contributed by atoms with van der Waals surface area (Å²) < 4.78 is 0. The van der Waals surface area contributed by atoms with Gasteiger partial charge in [-0.25, -0.2) is 0 Å². The van der Waals surface area contributed by atoms with Gasteiger partial charge in [-0.3, -0.25) is 9.69 Å². The normalized spacial score (nSPS) is 25.6. The van der Waals surface area contributed by atoms with Crippen LogP contribution >= 0.6 is 11.3 Å². The summed E-state index contributed by atoms with van der Waals surface area (Å²) in [5.41, 5.74) is 1.85. The molecule has 2 aliphatic rings. The third-order valence-electron chi connectivity index (χ3n) is 5.55. The molecule has 24 heavy (non-hydrogen) atoms. The molecule has 0 radical (unpaired) electrons. The van der Waals surface area contributed by atoms with E-state index in [1.807, 2.05) is 11.3 Å². The molecule has 134 valence electrons. The van der Waals surface area contributed by atoms with E-state index in [1.54, 1.807) is 0 Å². The molecule has 1 amide bonds. The Morgan fingerprint density at radius 3 is 2.71 bits per heavy atom. The van der Waals surface area contributed by atoms with Crippen LogP contribution in [0.1, 0.15) is 56.9 Å². The molecular weight excluding hydrogens is 316 g/mol. The van der Waals surface area contributed by atoms with Gasteiger partial charge in [0.05, 0.1) is 0 Å². The van der Waals surface area contributed by atoms with Crippen molar-refractivity contribution in [1.82, 2.24) is 9.80 Å². The molecular formula is C20H32N2OS. The van der Waals surface area contributed by atoms with Crippen LogP contribution in [0.25, 0.3) is 0 Å². The molecule has 0 N–H and O–H groups in total. The van der Waals surface area contributed by atoms with E-state index >= 15 is 0 Å². The van der Waals surface area contributed by atoms with E-state index < -0.39 is 0 Å². The largest absolute Gasteiger partial charge is 0.342 e. The fourth-order valence-electron chi connectivity index (χ4n) is 4.25. The van der Waals surface area contributed by atoms with Gasteiger partial charge in [-0.05, 0) is 55.2 Å². The van der Waals surface area contributed by atoms with Crippen molar-refractivity contribution in [3.8, 4) is 0 Å². The zero-order valence-electron chi connectivity index (χ0n) is 15.7. The molecule has 1 atom stereocenters. The van der Waals surface area contributed by atoms with Crippen LogP contribution in [-0.4, -0.2) is 41.9 Å². The SMILES string of the molecule is Cc1ccsc1CN1CC[C@]2(CCCN(C(=O)CC(C)(C)C)C2)C1. The molecule has 2 aliphatic heterocycles. The van der Waals surface area contributed by atoms with Crippen LogP contribution in [0.2, 0.25) is 0 Å². The third-order valence-corrected chi connectivity index (χ3v) is 6.56. The van der Waals surface area contributed by atoms with Gasteiger partial charge in [0.1, 0.15) is 0 Å². The van der Waals surface area contributed by atoms with Gasteiger partial charge < -0.3 is 4.90 Å². The molecule has 0 aliphatic carbocycles. The molecule has 3 rings (SSSR count). The van der Waals surface area contributed by atoms with E-state index in [2.05, 4.69) is 48.9 Å². The lowest BCUT2D eigenvalue weighted by molar-refractivity contribution is -0.136. The monoisotopic (exact) mass is 348 g/mol. The van der Waals surface area contributed by atoms with Crippen LogP contribution < -0.4 is 0 Å². The molecule has 3 nitrogen and oxygen atoms in total. The molecule has 2 fully saturated rings.